The molecule has 1 aliphatic heterocycles. The zero-order chi connectivity index (χ0) is 20.9. The Hall–Kier alpha value is -2.12. The second-order valence-corrected chi connectivity index (χ2v) is 9.34. The first-order valence-electron chi connectivity index (χ1n) is 10.4. The average molecular weight is 441 g/mol. The highest BCUT2D eigenvalue weighted by molar-refractivity contribution is 7.98. The predicted octanol–water partition coefficient (Wildman–Crippen LogP) is 5.49. The van der Waals surface area contributed by atoms with E-state index in [1.807, 2.05) is 18.5 Å². The standard InChI is InChI=1S/C23H28N4OS2/c1-4-17-12-24-23(25-13-17)27-9-7-18(8-10-27)22-26-19(15-30-22)14-28-20-5-6-21(29-3)16(2)11-20/h5-6,11-13,15,18H,4,7-10,14H2,1-3H3. The molecule has 1 fully saturated rings. The second kappa shape index (κ2) is 9.79. The van der Waals surface area contributed by atoms with Gasteiger partial charge < -0.3 is 9.64 Å². The van der Waals surface area contributed by atoms with Crippen LogP contribution in [0.25, 0.3) is 0 Å². The Labute approximate surface area is 186 Å². The van der Waals surface area contributed by atoms with Gasteiger partial charge in [-0.05, 0) is 61.8 Å². The second-order valence-electron chi connectivity index (χ2n) is 7.60. The number of anilines is 1. The van der Waals surface area contributed by atoms with Crippen molar-refractivity contribution in [3.05, 3.63) is 57.8 Å². The molecule has 0 saturated carbocycles. The fourth-order valence-corrected chi connectivity index (χ4v) is 5.26. The molecule has 2 aromatic heterocycles. The van der Waals surface area contributed by atoms with E-state index in [9.17, 15) is 0 Å². The maximum absolute atomic E-state index is 5.98. The van der Waals surface area contributed by atoms with Crippen molar-refractivity contribution in [2.75, 3.05) is 24.2 Å². The van der Waals surface area contributed by atoms with Crippen molar-refractivity contribution in [3.63, 3.8) is 0 Å². The first-order valence-corrected chi connectivity index (χ1v) is 12.5. The summed E-state index contributed by atoms with van der Waals surface area (Å²) >= 11 is 3.52. The Morgan fingerprint density at radius 3 is 2.63 bits per heavy atom. The average Bonchev–Trinajstić information content (AvgIpc) is 3.27. The number of hydrogen-bond acceptors (Lipinski definition) is 7. The highest BCUT2D eigenvalue weighted by Crippen LogP contribution is 2.32. The Morgan fingerprint density at radius 2 is 1.97 bits per heavy atom. The maximum Gasteiger partial charge on any atom is 0.225 e. The molecule has 0 amide bonds. The van der Waals surface area contributed by atoms with E-state index in [-0.39, 0.29) is 0 Å². The van der Waals surface area contributed by atoms with Gasteiger partial charge in [-0.2, -0.15) is 0 Å². The third kappa shape index (κ3) is 4.95. The number of rotatable bonds is 7. The van der Waals surface area contributed by atoms with Crippen LogP contribution in [0.1, 0.15) is 47.5 Å². The lowest BCUT2D eigenvalue weighted by molar-refractivity contribution is 0.301. The summed E-state index contributed by atoms with van der Waals surface area (Å²) in [5, 5.41) is 3.36. The molecule has 30 heavy (non-hydrogen) atoms. The molecule has 0 unspecified atom stereocenters. The van der Waals surface area contributed by atoms with Gasteiger partial charge in [0.25, 0.3) is 0 Å². The van der Waals surface area contributed by atoms with Crippen molar-refractivity contribution in [1.29, 1.82) is 0 Å². The van der Waals surface area contributed by atoms with Crippen molar-refractivity contribution >= 4 is 29.0 Å². The fourth-order valence-electron chi connectivity index (χ4n) is 3.69. The van der Waals surface area contributed by atoms with Crippen molar-refractivity contribution in [2.24, 2.45) is 0 Å². The van der Waals surface area contributed by atoms with E-state index < -0.39 is 0 Å². The molecule has 158 valence electrons. The molecule has 0 N–H and O–H groups in total. The zero-order valence-electron chi connectivity index (χ0n) is 17.8. The Kier molecular flexibility index (Phi) is 6.89. The number of thiazole rings is 1. The molecule has 0 bridgehead atoms. The van der Waals surface area contributed by atoms with E-state index >= 15 is 0 Å². The van der Waals surface area contributed by atoms with Gasteiger partial charge in [0.2, 0.25) is 5.95 Å². The number of hydrogen-bond donors (Lipinski definition) is 0. The van der Waals surface area contributed by atoms with Crippen LogP contribution in [0.5, 0.6) is 5.75 Å². The van der Waals surface area contributed by atoms with E-state index in [1.165, 1.54) is 21.0 Å². The van der Waals surface area contributed by atoms with Crippen LogP contribution in [0.3, 0.4) is 0 Å². The number of thioether (sulfide) groups is 1. The summed E-state index contributed by atoms with van der Waals surface area (Å²) < 4.78 is 5.98. The molecule has 1 aliphatic rings. The van der Waals surface area contributed by atoms with Gasteiger partial charge in [0, 0.05) is 41.7 Å². The monoisotopic (exact) mass is 440 g/mol. The molecule has 4 rings (SSSR count). The number of aromatic nitrogens is 3. The van der Waals surface area contributed by atoms with Crippen molar-refractivity contribution < 1.29 is 4.74 Å². The predicted molar refractivity (Wildman–Crippen MR) is 125 cm³/mol. The van der Waals surface area contributed by atoms with Gasteiger partial charge in [0.15, 0.2) is 0 Å². The number of piperidine rings is 1. The minimum absolute atomic E-state index is 0.512. The lowest BCUT2D eigenvalue weighted by Crippen LogP contribution is -2.34. The van der Waals surface area contributed by atoms with Gasteiger partial charge in [-0.25, -0.2) is 15.0 Å². The summed E-state index contributed by atoms with van der Waals surface area (Å²) in [6.07, 6.45) is 9.12. The van der Waals surface area contributed by atoms with E-state index in [0.29, 0.717) is 12.5 Å². The van der Waals surface area contributed by atoms with Gasteiger partial charge in [0.05, 0.1) is 10.7 Å². The minimum Gasteiger partial charge on any atom is -0.487 e. The van der Waals surface area contributed by atoms with Crippen LogP contribution in [-0.2, 0) is 13.0 Å². The molecular formula is C23H28N4OS2. The zero-order valence-corrected chi connectivity index (χ0v) is 19.4. The van der Waals surface area contributed by atoms with E-state index in [2.05, 4.69) is 52.5 Å². The quantitative estimate of drug-likeness (QED) is 0.453. The number of aryl methyl sites for hydroxylation is 2. The van der Waals surface area contributed by atoms with Crippen LogP contribution < -0.4 is 9.64 Å². The molecule has 5 nitrogen and oxygen atoms in total. The summed E-state index contributed by atoms with van der Waals surface area (Å²) in [4.78, 5) is 17.5. The number of ether oxygens (including phenoxy) is 1. The van der Waals surface area contributed by atoms with Crippen LogP contribution in [0.2, 0.25) is 0 Å². The topological polar surface area (TPSA) is 51.1 Å². The molecule has 1 saturated heterocycles. The van der Waals surface area contributed by atoms with E-state index in [4.69, 9.17) is 9.72 Å². The lowest BCUT2D eigenvalue weighted by Gasteiger charge is -2.31. The van der Waals surface area contributed by atoms with Crippen LogP contribution in [0.4, 0.5) is 5.95 Å². The largest absolute Gasteiger partial charge is 0.487 e. The van der Waals surface area contributed by atoms with Crippen molar-refractivity contribution in [2.45, 2.75) is 50.5 Å². The summed E-state index contributed by atoms with van der Waals surface area (Å²) in [5.41, 5.74) is 3.45. The van der Waals surface area contributed by atoms with Crippen molar-refractivity contribution in [1.82, 2.24) is 15.0 Å². The molecule has 0 spiro atoms. The smallest absolute Gasteiger partial charge is 0.225 e. The van der Waals surface area contributed by atoms with Gasteiger partial charge in [-0.3, -0.25) is 0 Å². The molecule has 7 heteroatoms. The summed E-state index contributed by atoms with van der Waals surface area (Å²) in [5.74, 6) is 2.27. The lowest BCUT2D eigenvalue weighted by atomic mass is 9.98. The van der Waals surface area contributed by atoms with Crippen LogP contribution >= 0.6 is 23.1 Å². The summed E-state index contributed by atoms with van der Waals surface area (Å²) in [7, 11) is 0. The minimum atomic E-state index is 0.512. The Morgan fingerprint density at radius 1 is 1.20 bits per heavy atom. The van der Waals surface area contributed by atoms with Crippen LogP contribution in [0, 0.1) is 6.92 Å². The molecule has 0 atom stereocenters. The molecule has 3 heterocycles. The summed E-state index contributed by atoms with van der Waals surface area (Å²) in [6.45, 7) is 6.71. The highest BCUT2D eigenvalue weighted by Gasteiger charge is 2.24. The molecule has 0 aliphatic carbocycles. The normalized spacial score (nSPS) is 14.8. The SMILES string of the molecule is CCc1cnc(N2CCC(c3nc(COc4ccc(SC)c(C)c4)cs3)CC2)nc1. The van der Waals surface area contributed by atoms with Gasteiger partial charge in [0.1, 0.15) is 12.4 Å². The van der Waals surface area contributed by atoms with Crippen molar-refractivity contribution in [3.8, 4) is 5.75 Å². The van der Waals surface area contributed by atoms with Crippen LogP contribution in [-0.4, -0.2) is 34.3 Å². The first-order chi connectivity index (χ1) is 14.7. The van der Waals surface area contributed by atoms with Gasteiger partial charge in [-0.1, -0.05) is 6.92 Å². The van der Waals surface area contributed by atoms with Crippen LogP contribution in [0.15, 0.2) is 40.9 Å². The number of nitrogens with zero attached hydrogens (tertiary/aromatic N) is 4. The maximum atomic E-state index is 5.98. The van der Waals surface area contributed by atoms with E-state index in [0.717, 1.165) is 49.7 Å². The summed E-state index contributed by atoms with van der Waals surface area (Å²) in [6, 6.07) is 6.26. The van der Waals surface area contributed by atoms with E-state index in [1.54, 1.807) is 23.1 Å². The molecule has 1 aromatic carbocycles. The molecule has 0 radical (unpaired) electrons. The van der Waals surface area contributed by atoms with Gasteiger partial charge >= 0.3 is 0 Å². The number of benzene rings is 1. The fraction of sp³-hybridized carbons (Fsp3) is 0.435. The third-order valence-electron chi connectivity index (χ3n) is 5.55. The van der Waals surface area contributed by atoms with Gasteiger partial charge in [-0.15, -0.1) is 23.1 Å². The molecular weight excluding hydrogens is 412 g/mol. The highest BCUT2D eigenvalue weighted by atomic mass is 32.2. The first kappa shape index (κ1) is 21.1. The molecule has 3 aromatic rings. The third-order valence-corrected chi connectivity index (χ3v) is 7.50. The Balaban J connectivity index is 1.30. The Bertz CT molecular complexity index is 966.